The van der Waals surface area contributed by atoms with E-state index in [1.807, 2.05) is 0 Å². The Morgan fingerprint density at radius 3 is 2.41 bits per heavy atom. The number of halogens is 2. The van der Waals surface area contributed by atoms with Crippen LogP contribution in [0.2, 0.25) is 0 Å². The van der Waals surface area contributed by atoms with Gasteiger partial charge in [-0.1, -0.05) is 12.1 Å². The second kappa shape index (κ2) is 10.6. The van der Waals surface area contributed by atoms with Crippen LogP contribution in [0, 0.1) is 0 Å². The molecule has 0 fully saturated rings. The summed E-state index contributed by atoms with van der Waals surface area (Å²) >= 11 is 0. The quantitative estimate of drug-likeness (QED) is 0.506. The number of ether oxygens (including phenoxy) is 4. The molecule has 1 N–H and O–H groups in total. The summed E-state index contributed by atoms with van der Waals surface area (Å²) in [6.07, 6.45) is 2.63. The number of hydrogen-bond acceptors (Lipinski definition) is 6. The number of esters is 1. The summed E-state index contributed by atoms with van der Waals surface area (Å²) in [6.45, 7) is -3.45. The summed E-state index contributed by atoms with van der Waals surface area (Å²) < 4.78 is 43.7. The molecule has 0 saturated heterocycles. The van der Waals surface area contributed by atoms with Gasteiger partial charge in [-0.2, -0.15) is 8.78 Å². The highest BCUT2D eigenvalue weighted by Gasteiger charge is 2.09. The second-order valence-electron chi connectivity index (χ2n) is 5.47. The molecule has 7 nitrogen and oxygen atoms in total. The van der Waals surface area contributed by atoms with E-state index in [0.717, 1.165) is 6.08 Å². The number of carbonyl (C=O) groups is 2. The third-order valence-electron chi connectivity index (χ3n) is 3.54. The zero-order valence-electron chi connectivity index (χ0n) is 15.7. The van der Waals surface area contributed by atoms with Crippen molar-refractivity contribution in [1.82, 2.24) is 0 Å². The summed E-state index contributed by atoms with van der Waals surface area (Å²) in [6, 6.07) is 10.5. The number of alkyl halides is 2. The van der Waals surface area contributed by atoms with Gasteiger partial charge in [-0.3, -0.25) is 4.79 Å². The van der Waals surface area contributed by atoms with Crippen molar-refractivity contribution in [2.24, 2.45) is 0 Å². The van der Waals surface area contributed by atoms with Gasteiger partial charge in [0.2, 0.25) is 0 Å². The van der Waals surface area contributed by atoms with Crippen LogP contribution in [0.5, 0.6) is 17.2 Å². The molecule has 0 unspecified atom stereocenters. The Labute approximate surface area is 165 Å². The highest BCUT2D eigenvalue weighted by atomic mass is 19.3. The predicted molar refractivity (Wildman–Crippen MR) is 101 cm³/mol. The topological polar surface area (TPSA) is 83.1 Å². The number of rotatable bonds is 9. The van der Waals surface area contributed by atoms with Crippen LogP contribution in [-0.4, -0.2) is 39.3 Å². The average molecular weight is 407 g/mol. The average Bonchev–Trinajstić information content (AvgIpc) is 2.71. The maximum atomic E-state index is 12.1. The molecule has 2 aromatic rings. The van der Waals surface area contributed by atoms with Crippen molar-refractivity contribution in [2.75, 3.05) is 26.1 Å². The van der Waals surface area contributed by atoms with Gasteiger partial charge in [0, 0.05) is 17.3 Å². The Kier molecular flexibility index (Phi) is 7.96. The Morgan fingerprint density at radius 2 is 1.79 bits per heavy atom. The fraction of sp³-hybridized carbons (Fsp3) is 0.200. The smallest absolute Gasteiger partial charge is 0.387 e. The van der Waals surface area contributed by atoms with E-state index in [2.05, 4.69) is 10.1 Å². The standard InChI is InChI=1S/C20H19F2NO6/c1-26-16-5-3-4-13(19(16)27-2)6-11-18(25)28-12-17(24)23-14-7-9-15(10-8-14)29-20(21)22/h3-11,20H,12H2,1-2H3,(H,23,24)/b11-6+. The molecule has 1 amide bonds. The number of amides is 1. The number of para-hydroxylation sites is 1. The van der Waals surface area contributed by atoms with Crippen LogP contribution < -0.4 is 19.5 Å². The Bertz CT molecular complexity index is 868. The van der Waals surface area contributed by atoms with Gasteiger partial charge >= 0.3 is 12.6 Å². The minimum Gasteiger partial charge on any atom is -0.493 e. The fourth-order valence-corrected chi connectivity index (χ4v) is 2.30. The number of nitrogens with one attached hydrogen (secondary N) is 1. The van der Waals surface area contributed by atoms with Gasteiger partial charge in [0.25, 0.3) is 5.91 Å². The molecule has 29 heavy (non-hydrogen) atoms. The molecule has 0 aromatic heterocycles. The van der Waals surface area contributed by atoms with E-state index >= 15 is 0 Å². The van der Waals surface area contributed by atoms with Gasteiger partial charge < -0.3 is 24.3 Å². The summed E-state index contributed by atoms with van der Waals surface area (Å²) in [4.78, 5) is 23.7. The first-order chi connectivity index (χ1) is 13.9. The van der Waals surface area contributed by atoms with E-state index < -0.39 is 25.1 Å². The van der Waals surface area contributed by atoms with Crippen LogP contribution in [0.15, 0.2) is 48.5 Å². The lowest BCUT2D eigenvalue weighted by Gasteiger charge is -2.09. The zero-order valence-corrected chi connectivity index (χ0v) is 15.7. The first-order valence-electron chi connectivity index (χ1n) is 8.33. The molecule has 0 heterocycles. The predicted octanol–water partition coefficient (Wildman–Crippen LogP) is 3.50. The van der Waals surface area contributed by atoms with E-state index in [1.165, 1.54) is 44.6 Å². The molecule has 0 aliphatic heterocycles. The molecule has 0 aliphatic carbocycles. The molecule has 0 bridgehead atoms. The highest BCUT2D eigenvalue weighted by molar-refractivity contribution is 5.94. The largest absolute Gasteiger partial charge is 0.493 e. The van der Waals surface area contributed by atoms with Gasteiger partial charge in [-0.15, -0.1) is 0 Å². The van der Waals surface area contributed by atoms with Gasteiger partial charge in [0.1, 0.15) is 5.75 Å². The number of hydrogen-bond donors (Lipinski definition) is 1. The fourth-order valence-electron chi connectivity index (χ4n) is 2.30. The van der Waals surface area contributed by atoms with Crippen LogP contribution in [0.3, 0.4) is 0 Å². The first-order valence-corrected chi connectivity index (χ1v) is 8.33. The van der Waals surface area contributed by atoms with Crippen molar-refractivity contribution in [3.63, 3.8) is 0 Å². The molecule has 154 valence electrons. The number of anilines is 1. The normalized spacial score (nSPS) is 10.7. The van der Waals surface area contributed by atoms with E-state index in [4.69, 9.17) is 14.2 Å². The van der Waals surface area contributed by atoms with Gasteiger partial charge in [-0.05, 0) is 36.4 Å². The van der Waals surface area contributed by atoms with Crippen molar-refractivity contribution in [2.45, 2.75) is 6.61 Å². The Balaban J connectivity index is 1.86. The maximum Gasteiger partial charge on any atom is 0.387 e. The molecule has 0 atom stereocenters. The summed E-state index contributed by atoms with van der Waals surface area (Å²) in [7, 11) is 2.97. The molecule has 0 aliphatic rings. The van der Waals surface area contributed by atoms with Crippen LogP contribution >= 0.6 is 0 Å². The van der Waals surface area contributed by atoms with Gasteiger partial charge in [-0.25, -0.2) is 4.79 Å². The molecule has 9 heteroatoms. The minimum absolute atomic E-state index is 0.0393. The minimum atomic E-state index is -2.93. The summed E-state index contributed by atoms with van der Waals surface area (Å²) in [5, 5.41) is 2.47. The lowest BCUT2D eigenvalue weighted by molar-refractivity contribution is -0.142. The molecule has 0 radical (unpaired) electrons. The third-order valence-corrected chi connectivity index (χ3v) is 3.54. The third kappa shape index (κ3) is 6.80. The van der Waals surface area contributed by atoms with E-state index in [0.29, 0.717) is 22.7 Å². The highest BCUT2D eigenvalue weighted by Crippen LogP contribution is 2.31. The van der Waals surface area contributed by atoms with Gasteiger partial charge in [0.15, 0.2) is 18.1 Å². The summed E-state index contributed by atoms with van der Waals surface area (Å²) in [5.74, 6) is -0.398. The molecular weight excluding hydrogens is 388 g/mol. The maximum absolute atomic E-state index is 12.1. The zero-order chi connectivity index (χ0) is 21.2. The summed E-state index contributed by atoms with van der Waals surface area (Å²) in [5.41, 5.74) is 0.934. The Hall–Kier alpha value is -3.62. The van der Waals surface area contributed by atoms with E-state index in [1.54, 1.807) is 18.2 Å². The van der Waals surface area contributed by atoms with Crippen LogP contribution in [0.25, 0.3) is 6.08 Å². The molecule has 2 rings (SSSR count). The number of benzene rings is 2. The number of carbonyl (C=O) groups excluding carboxylic acids is 2. The van der Waals surface area contributed by atoms with Crippen LogP contribution in [-0.2, 0) is 14.3 Å². The lowest BCUT2D eigenvalue weighted by atomic mass is 10.1. The van der Waals surface area contributed by atoms with Crippen LogP contribution in [0.1, 0.15) is 5.56 Å². The monoisotopic (exact) mass is 407 g/mol. The molecule has 2 aromatic carbocycles. The molecular formula is C20H19F2NO6. The van der Waals surface area contributed by atoms with E-state index in [9.17, 15) is 18.4 Å². The van der Waals surface area contributed by atoms with Crippen molar-refractivity contribution in [1.29, 1.82) is 0 Å². The van der Waals surface area contributed by atoms with Crippen molar-refractivity contribution in [3.05, 3.63) is 54.1 Å². The van der Waals surface area contributed by atoms with Gasteiger partial charge in [0.05, 0.1) is 14.2 Å². The van der Waals surface area contributed by atoms with Crippen LogP contribution in [0.4, 0.5) is 14.5 Å². The molecule has 0 saturated carbocycles. The Morgan fingerprint density at radius 1 is 1.07 bits per heavy atom. The van der Waals surface area contributed by atoms with Crippen molar-refractivity contribution < 1.29 is 37.3 Å². The SMILES string of the molecule is COc1cccc(/C=C/C(=O)OCC(=O)Nc2ccc(OC(F)F)cc2)c1OC. The lowest BCUT2D eigenvalue weighted by Crippen LogP contribution is -2.20. The number of methoxy groups -OCH3 is 2. The van der Waals surface area contributed by atoms with E-state index in [-0.39, 0.29) is 5.75 Å². The van der Waals surface area contributed by atoms with Crippen molar-refractivity contribution in [3.8, 4) is 17.2 Å². The van der Waals surface area contributed by atoms with Crippen molar-refractivity contribution >= 4 is 23.6 Å². The first kappa shape index (κ1) is 21.7. The second-order valence-corrected chi connectivity index (χ2v) is 5.47. The molecule has 0 spiro atoms.